The Morgan fingerprint density at radius 1 is 1.53 bits per heavy atom. The predicted molar refractivity (Wildman–Crippen MR) is 58.0 cm³/mol. The van der Waals surface area contributed by atoms with Crippen molar-refractivity contribution in [2.24, 2.45) is 5.41 Å². The highest BCUT2D eigenvalue weighted by Gasteiger charge is 2.62. The summed E-state index contributed by atoms with van der Waals surface area (Å²) in [5.74, 6) is 0.801. The lowest BCUT2D eigenvalue weighted by atomic mass is 9.92. The minimum absolute atomic E-state index is 0.140. The number of aliphatic hydroxyl groups excluding tert-OH is 1. The van der Waals surface area contributed by atoms with Gasteiger partial charge in [-0.2, -0.15) is 0 Å². The van der Waals surface area contributed by atoms with E-state index in [2.05, 4.69) is 18.8 Å². The van der Waals surface area contributed by atoms with E-state index in [-0.39, 0.29) is 17.4 Å². The number of methoxy groups -OCH3 is 1. The van der Waals surface area contributed by atoms with Crippen molar-refractivity contribution < 1.29 is 9.84 Å². The molecule has 1 aromatic rings. The van der Waals surface area contributed by atoms with Crippen molar-refractivity contribution in [2.75, 3.05) is 13.7 Å². The van der Waals surface area contributed by atoms with E-state index < -0.39 is 0 Å². The molecule has 3 nitrogen and oxygen atoms in total. The van der Waals surface area contributed by atoms with Gasteiger partial charge in [0.2, 0.25) is 0 Å². The van der Waals surface area contributed by atoms with E-state index in [1.165, 1.54) is 0 Å². The fourth-order valence-corrected chi connectivity index (χ4v) is 2.30. The Kier molecular flexibility index (Phi) is 2.23. The van der Waals surface area contributed by atoms with Crippen molar-refractivity contribution in [3.05, 3.63) is 24.0 Å². The Morgan fingerprint density at radius 2 is 2.20 bits per heavy atom. The summed E-state index contributed by atoms with van der Waals surface area (Å²) in [5, 5.41) is 9.53. The zero-order valence-corrected chi connectivity index (χ0v) is 9.45. The number of hydrogen-bond acceptors (Lipinski definition) is 3. The molecule has 82 valence electrons. The summed E-state index contributed by atoms with van der Waals surface area (Å²) in [5.41, 5.74) is 0.914. The number of aromatic nitrogens is 1. The van der Waals surface area contributed by atoms with Gasteiger partial charge in [0.25, 0.3) is 0 Å². The zero-order chi connectivity index (χ0) is 11.1. The van der Waals surface area contributed by atoms with Crippen LogP contribution in [0.5, 0.6) is 5.75 Å². The lowest BCUT2D eigenvalue weighted by Gasteiger charge is -2.17. The van der Waals surface area contributed by atoms with Gasteiger partial charge in [0.1, 0.15) is 5.75 Å². The first-order chi connectivity index (χ1) is 7.05. The molecule has 3 heteroatoms. The molecule has 0 radical (unpaired) electrons. The SMILES string of the molecule is COc1ccnc(C2(CO)CC2(C)C)c1. The molecule has 1 unspecified atom stereocenters. The molecule has 1 aromatic heterocycles. The Balaban J connectivity index is 2.37. The summed E-state index contributed by atoms with van der Waals surface area (Å²) in [6.07, 6.45) is 2.72. The number of nitrogens with zero attached hydrogens (tertiary/aromatic N) is 1. The van der Waals surface area contributed by atoms with Gasteiger partial charge in [-0.25, -0.2) is 0 Å². The molecule has 1 saturated carbocycles. The van der Waals surface area contributed by atoms with Crippen LogP contribution in [0.15, 0.2) is 18.3 Å². The summed E-state index contributed by atoms with van der Waals surface area (Å²) >= 11 is 0. The summed E-state index contributed by atoms with van der Waals surface area (Å²) < 4.78 is 5.17. The van der Waals surface area contributed by atoms with Crippen molar-refractivity contribution in [2.45, 2.75) is 25.7 Å². The highest BCUT2D eigenvalue weighted by Crippen LogP contribution is 2.63. The molecule has 2 rings (SSSR count). The van der Waals surface area contributed by atoms with Crippen molar-refractivity contribution in [3.63, 3.8) is 0 Å². The second kappa shape index (κ2) is 3.20. The van der Waals surface area contributed by atoms with E-state index in [4.69, 9.17) is 4.74 Å². The molecule has 1 aliphatic rings. The van der Waals surface area contributed by atoms with E-state index in [9.17, 15) is 5.11 Å². The van der Waals surface area contributed by atoms with Crippen LogP contribution in [0, 0.1) is 5.41 Å². The topological polar surface area (TPSA) is 42.4 Å². The molecular weight excluding hydrogens is 190 g/mol. The minimum atomic E-state index is -0.165. The van der Waals surface area contributed by atoms with Crippen LogP contribution >= 0.6 is 0 Å². The maximum absolute atomic E-state index is 9.53. The maximum atomic E-state index is 9.53. The van der Waals surface area contributed by atoms with Crippen LogP contribution in [-0.4, -0.2) is 23.8 Å². The van der Waals surface area contributed by atoms with Crippen LogP contribution in [0.1, 0.15) is 26.0 Å². The molecule has 0 saturated heterocycles. The summed E-state index contributed by atoms with van der Waals surface area (Å²) in [6.45, 7) is 4.47. The normalized spacial score (nSPS) is 27.5. The number of ether oxygens (including phenoxy) is 1. The highest BCUT2D eigenvalue weighted by molar-refractivity contribution is 5.36. The van der Waals surface area contributed by atoms with Crippen LogP contribution in [-0.2, 0) is 5.41 Å². The van der Waals surface area contributed by atoms with Gasteiger partial charge in [-0.15, -0.1) is 0 Å². The molecule has 0 aromatic carbocycles. The smallest absolute Gasteiger partial charge is 0.122 e. The average molecular weight is 207 g/mol. The van der Waals surface area contributed by atoms with Gasteiger partial charge in [0.05, 0.1) is 19.4 Å². The first-order valence-electron chi connectivity index (χ1n) is 5.17. The molecule has 0 amide bonds. The molecule has 0 spiro atoms. The Hall–Kier alpha value is -1.09. The van der Waals surface area contributed by atoms with Crippen molar-refractivity contribution >= 4 is 0 Å². The van der Waals surface area contributed by atoms with Crippen molar-refractivity contribution in [3.8, 4) is 5.75 Å². The average Bonchev–Trinajstić information content (AvgIpc) is 2.82. The van der Waals surface area contributed by atoms with Gasteiger partial charge in [-0.05, 0) is 17.9 Å². The molecule has 15 heavy (non-hydrogen) atoms. The van der Waals surface area contributed by atoms with Gasteiger partial charge >= 0.3 is 0 Å². The molecule has 1 atom stereocenters. The van der Waals surface area contributed by atoms with E-state index in [0.717, 1.165) is 17.9 Å². The number of rotatable bonds is 3. The standard InChI is InChI=1S/C12H17NO2/c1-11(2)7-12(11,8-14)10-6-9(15-3)4-5-13-10/h4-6,14H,7-8H2,1-3H3. The molecule has 1 N–H and O–H groups in total. The second-order valence-corrected chi connectivity index (χ2v) is 4.88. The fourth-order valence-electron chi connectivity index (χ4n) is 2.30. The third kappa shape index (κ3) is 1.42. The first kappa shape index (κ1) is 10.4. The molecular formula is C12H17NO2. The summed E-state index contributed by atoms with van der Waals surface area (Å²) in [7, 11) is 1.64. The number of aliphatic hydroxyl groups is 1. The molecule has 1 fully saturated rings. The molecule has 0 aliphatic heterocycles. The van der Waals surface area contributed by atoms with E-state index in [1.807, 2.05) is 12.1 Å². The van der Waals surface area contributed by atoms with Crippen molar-refractivity contribution in [1.29, 1.82) is 0 Å². The number of hydrogen-bond donors (Lipinski definition) is 1. The number of pyridine rings is 1. The lowest BCUT2D eigenvalue weighted by molar-refractivity contribution is 0.228. The van der Waals surface area contributed by atoms with Crippen LogP contribution in [0.2, 0.25) is 0 Å². The third-order valence-electron chi connectivity index (χ3n) is 3.64. The highest BCUT2D eigenvalue weighted by atomic mass is 16.5. The van der Waals surface area contributed by atoms with E-state index in [0.29, 0.717) is 0 Å². The Bertz CT molecular complexity index is 376. The molecule has 0 bridgehead atoms. The largest absolute Gasteiger partial charge is 0.497 e. The second-order valence-electron chi connectivity index (χ2n) is 4.88. The van der Waals surface area contributed by atoms with Crippen LogP contribution < -0.4 is 4.74 Å². The minimum Gasteiger partial charge on any atom is -0.497 e. The van der Waals surface area contributed by atoms with Crippen LogP contribution in [0.4, 0.5) is 0 Å². The Labute approximate surface area is 90.1 Å². The molecule has 1 aliphatic carbocycles. The lowest BCUT2D eigenvalue weighted by Crippen LogP contribution is -2.20. The summed E-state index contributed by atoms with van der Waals surface area (Å²) in [4.78, 5) is 4.35. The zero-order valence-electron chi connectivity index (χ0n) is 9.45. The van der Waals surface area contributed by atoms with Crippen LogP contribution in [0.3, 0.4) is 0 Å². The summed E-state index contributed by atoms with van der Waals surface area (Å²) in [6, 6.07) is 3.74. The molecule has 1 heterocycles. The van der Waals surface area contributed by atoms with Gasteiger partial charge in [0, 0.05) is 17.7 Å². The van der Waals surface area contributed by atoms with Gasteiger partial charge in [0.15, 0.2) is 0 Å². The first-order valence-corrected chi connectivity index (χ1v) is 5.17. The predicted octanol–water partition coefficient (Wildman–Crippen LogP) is 1.75. The van der Waals surface area contributed by atoms with Gasteiger partial charge in [-0.1, -0.05) is 13.8 Å². The van der Waals surface area contributed by atoms with Gasteiger partial charge in [-0.3, -0.25) is 4.98 Å². The monoisotopic (exact) mass is 207 g/mol. The van der Waals surface area contributed by atoms with E-state index in [1.54, 1.807) is 13.3 Å². The van der Waals surface area contributed by atoms with E-state index >= 15 is 0 Å². The fraction of sp³-hybridized carbons (Fsp3) is 0.583. The maximum Gasteiger partial charge on any atom is 0.122 e. The quantitative estimate of drug-likeness (QED) is 0.821. The Morgan fingerprint density at radius 3 is 2.67 bits per heavy atom. The van der Waals surface area contributed by atoms with Crippen molar-refractivity contribution in [1.82, 2.24) is 4.98 Å². The van der Waals surface area contributed by atoms with Crippen LogP contribution in [0.25, 0.3) is 0 Å². The van der Waals surface area contributed by atoms with Gasteiger partial charge < -0.3 is 9.84 Å². The third-order valence-corrected chi connectivity index (χ3v) is 3.64.